The molecule has 2 N–H and O–H groups in total. The Morgan fingerprint density at radius 2 is 2.30 bits per heavy atom. The number of aromatic nitrogens is 3. The van der Waals surface area contributed by atoms with Crippen LogP contribution in [0.5, 0.6) is 0 Å². The zero-order chi connectivity index (χ0) is 14.5. The predicted octanol–water partition coefficient (Wildman–Crippen LogP) is 1.89. The lowest BCUT2D eigenvalue weighted by Gasteiger charge is -1.99. The summed E-state index contributed by atoms with van der Waals surface area (Å²) in [5, 5.41) is 20.6. The number of aliphatic hydroxyl groups is 1. The number of carbonyl (C=O) groups is 1. The molecule has 0 spiro atoms. The molecule has 2 aromatic heterocycles. The quantitative estimate of drug-likeness (QED) is 0.506. The lowest BCUT2D eigenvalue weighted by Crippen LogP contribution is -2.14. The van der Waals surface area contributed by atoms with Crippen molar-refractivity contribution in [2.75, 3.05) is 5.32 Å². The third-order valence-electron chi connectivity index (χ3n) is 2.24. The summed E-state index contributed by atoms with van der Waals surface area (Å²) in [6.07, 6.45) is 1.61. The average Bonchev–Trinajstić information content (AvgIpc) is 2.88. The van der Waals surface area contributed by atoms with Crippen LogP contribution < -0.4 is 5.32 Å². The molecule has 0 saturated carbocycles. The van der Waals surface area contributed by atoms with Gasteiger partial charge in [0.15, 0.2) is 11.4 Å². The Morgan fingerprint density at radius 1 is 1.50 bits per heavy atom. The Kier molecular flexibility index (Phi) is 4.02. The highest BCUT2D eigenvalue weighted by Gasteiger charge is 2.15. The molecule has 7 nitrogen and oxygen atoms in total. The number of nitriles is 1. The maximum Gasteiger partial charge on any atom is 0.271 e. The zero-order valence-electron chi connectivity index (χ0n) is 10.4. The van der Waals surface area contributed by atoms with Crippen LogP contribution in [0.15, 0.2) is 35.7 Å². The minimum atomic E-state index is -0.726. The number of hydrogen-bond donors (Lipinski definition) is 2. The Hall–Kier alpha value is -2.79. The molecule has 0 saturated heterocycles. The Balaban J connectivity index is 2.18. The van der Waals surface area contributed by atoms with E-state index >= 15 is 0 Å². The fraction of sp³-hybridized carbons (Fsp3) is 0.0833. The van der Waals surface area contributed by atoms with Gasteiger partial charge in [0.05, 0.1) is 0 Å². The van der Waals surface area contributed by atoms with E-state index in [9.17, 15) is 9.90 Å². The van der Waals surface area contributed by atoms with E-state index in [1.807, 2.05) is 0 Å². The minimum Gasteiger partial charge on any atom is -0.511 e. The van der Waals surface area contributed by atoms with E-state index in [0.717, 1.165) is 11.5 Å². The van der Waals surface area contributed by atoms with E-state index in [0.29, 0.717) is 11.5 Å². The van der Waals surface area contributed by atoms with Crippen LogP contribution >= 0.6 is 11.5 Å². The summed E-state index contributed by atoms with van der Waals surface area (Å²) < 4.78 is 4.06. The van der Waals surface area contributed by atoms with E-state index in [1.54, 1.807) is 30.5 Å². The topological polar surface area (TPSA) is 112 Å². The van der Waals surface area contributed by atoms with E-state index < -0.39 is 5.91 Å². The van der Waals surface area contributed by atoms with Gasteiger partial charge in [0.25, 0.3) is 5.91 Å². The summed E-state index contributed by atoms with van der Waals surface area (Å²) in [7, 11) is 0. The number of amides is 1. The molecule has 8 heteroatoms. The van der Waals surface area contributed by atoms with Crippen LogP contribution in [-0.4, -0.2) is 25.4 Å². The third-order valence-corrected chi connectivity index (χ3v) is 2.87. The van der Waals surface area contributed by atoms with E-state index in [1.165, 1.54) is 6.92 Å². The Bertz CT molecular complexity index is 698. The van der Waals surface area contributed by atoms with Crippen LogP contribution in [0.25, 0.3) is 11.5 Å². The molecule has 100 valence electrons. The van der Waals surface area contributed by atoms with Crippen LogP contribution in [0.3, 0.4) is 0 Å². The molecule has 0 aliphatic heterocycles. The second-order valence-electron chi connectivity index (χ2n) is 3.66. The molecule has 2 aromatic rings. The van der Waals surface area contributed by atoms with Crippen molar-refractivity contribution < 1.29 is 9.90 Å². The molecule has 0 atom stereocenters. The van der Waals surface area contributed by atoms with Gasteiger partial charge >= 0.3 is 0 Å². The monoisotopic (exact) mass is 287 g/mol. The molecule has 1 amide bonds. The van der Waals surface area contributed by atoms with Gasteiger partial charge in [-0.15, -0.1) is 0 Å². The first-order chi connectivity index (χ1) is 9.61. The van der Waals surface area contributed by atoms with Gasteiger partial charge in [-0.25, -0.2) is 0 Å². The maximum atomic E-state index is 11.7. The summed E-state index contributed by atoms with van der Waals surface area (Å²) in [5.41, 5.74) is 0.221. The molecule has 0 aliphatic carbocycles. The van der Waals surface area contributed by atoms with Crippen molar-refractivity contribution in [2.45, 2.75) is 6.92 Å². The third kappa shape index (κ3) is 2.96. The average molecular weight is 287 g/mol. The summed E-state index contributed by atoms with van der Waals surface area (Å²) in [4.78, 5) is 19.9. The van der Waals surface area contributed by atoms with Gasteiger partial charge in [-0.3, -0.25) is 15.1 Å². The summed E-state index contributed by atoms with van der Waals surface area (Å²) >= 11 is 0.966. The predicted molar refractivity (Wildman–Crippen MR) is 72.7 cm³/mol. The first-order valence-electron chi connectivity index (χ1n) is 5.48. The molecule has 0 aromatic carbocycles. The van der Waals surface area contributed by atoms with Crippen LogP contribution in [0.4, 0.5) is 5.13 Å². The van der Waals surface area contributed by atoms with Gasteiger partial charge in [-0.2, -0.15) is 14.6 Å². The molecule has 2 heterocycles. The highest BCUT2D eigenvalue weighted by atomic mass is 32.1. The number of allylic oxidation sites excluding steroid dienone is 1. The molecular formula is C12H9N5O2S. The van der Waals surface area contributed by atoms with Gasteiger partial charge in [0.2, 0.25) is 5.13 Å². The molecule has 0 aliphatic rings. The molecule has 2 rings (SSSR count). The largest absolute Gasteiger partial charge is 0.511 e. The van der Waals surface area contributed by atoms with Crippen LogP contribution in [0.2, 0.25) is 0 Å². The number of carbonyl (C=O) groups excluding carboxylic acids is 1. The molecular weight excluding hydrogens is 278 g/mol. The lowest BCUT2D eigenvalue weighted by molar-refractivity contribution is -0.112. The SMILES string of the molecule is CC(O)=C(C#N)C(=O)Nc1nc(-c2ccccn2)ns1. The number of aliphatic hydroxyl groups excluding tert-OH is 1. The van der Waals surface area contributed by atoms with Crippen molar-refractivity contribution in [3.8, 4) is 17.6 Å². The lowest BCUT2D eigenvalue weighted by atomic mass is 10.2. The normalized spacial score (nSPS) is 11.4. The summed E-state index contributed by atoms with van der Waals surface area (Å²) in [6.45, 7) is 1.26. The molecule has 0 unspecified atom stereocenters. The number of hydrogen-bond acceptors (Lipinski definition) is 7. The van der Waals surface area contributed by atoms with Crippen molar-refractivity contribution in [2.24, 2.45) is 0 Å². The number of anilines is 1. The van der Waals surface area contributed by atoms with Gasteiger partial charge < -0.3 is 5.11 Å². The van der Waals surface area contributed by atoms with Crippen molar-refractivity contribution in [1.29, 1.82) is 5.26 Å². The van der Waals surface area contributed by atoms with Gasteiger partial charge in [-0.1, -0.05) is 6.07 Å². The van der Waals surface area contributed by atoms with E-state index in [-0.39, 0.29) is 16.5 Å². The molecule has 20 heavy (non-hydrogen) atoms. The fourth-order valence-corrected chi connectivity index (χ4v) is 1.90. The zero-order valence-corrected chi connectivity index (χ0v) is 11.2. The number of rotatable bonds is 3. The number of nitrogens with zero attached hydrogens (tertiary/aromatic N) is 4. The molecule has 0 fully saturated rings. The summed E-state index contributed by atoms with van der Waals surface area (Å²) in [6, 6.07) is 6.93. The molecule has 0 bridgehead atoms. The van der Waals surface area contributed by atoms with Gasteiger partial charge in [0, 0.05) is 17.7 Å². The second kappa shape index (κ2) is 5.90. The number of nitrogens with one attached hydrogen (secondary N) is 1. The highest BCUT2D eigenvalue weighted by molar-refractivity contribution is 7.10. The van der Waals surface area contributed by atoms with E-state index in [4.69, 9.17) is 5.26 Å². The van der Waals surface area contributed by atoms with Crippen LogP contribution in [0.1, 0.15) is 6.92 Å². The molecule has 0 radical (unpaired) electrons. The van der Waals surface area contributed by atoms with Crippen molar-refractivity contribution in [3.05, 3.63) is 35.7 Å². The van der Waals surface area contributed by atoms with Gasteiger partial charge in [0.1, 0.15) is 17.5 Å². The maximum absolute atomic E-state index is 11.7. The first kappa shape index (κ1) is 13.6. The van der Waals surface area contributed by atoms with Crippen molar-refractivity contribution >= 4 is 22.6 Å². The standard InChI is InChI=1S/C12H9N5O2S/c1-7(18)8(6-13)11(19)16-12-15-10(17-20-12)9-4-2-3-5-14-9/h2-5,18H,1H3,(H,15,16,17,19). The smallest absolute Gasteiger partial charge is 0.271 e. The summed E-state index contributed by atoms with van der Waals surface area (Å²) in [5.74, 6) is -0.690. The van der Waals surface area contributed by atoms with E-state index in [2.05, 4.69) is 19.7 Å². The van der Waals surface area contributed by atoms with Crippen LogP contribution in [0, 0.1) is 11.3 Å². The van der Waals surface area contributed by atoms with Crippen molar-refractivity contribution in [3.63, 3.8) is 0 Å². The highest BCUT2D eigenvalue weighted by Crippen LogP contribution is 2.19. The van der Waals surface area contributed by atoms with Crippen molar-refractivity contribution in [1.82, 2.24) is 14.3 Å². The number of pyridine rings is 1. The first-order valence-corrected chi connectivity index (χ1v) is 6.25. The second-order valence-corrected chi connectivity index (χ2v) is 4.42. The fourth-order valence-electron chi connectivity index (χ4n) is 1.33. The Morgan fingerprint density at radius 3 is 2.90 bits per heavy atom. The van der Waals surface area contributed by atoms with Gasteiger partial charge in [-0.05, 0) is 19.1 Å². The van der Waals surface area contributed by atoms with Crippen LogP contribution in [-0.2, 0) is 4.79 Å². The Labute approximate surface area is 118 Å². The minimum absolute atomic E-state index is 0.227.